The highest BCUT2D eigenvalue weighted by Crippen LogP contribution is 2.09. The van der Waals surface area contributed by atoms with Crippen LogP contribution in [0.3, 0.4) is 0 Å². The molecule has 1 rings (SSSR count). The molecule has 0 aliphatic carbocycles. The number of nitrogens with zero attached hydrogens (tertiary/aromatic N) is 1. The first-order valence-corrected chi connectivity index (χ1v) is 7.08. The maximum Gasteiger partial charge on any atom is 0.312 e. The van der Waals surface area contributed by atoms with E-state index in [1.165, 1.54) is 11.3 Å². The number of thiazole rings is 1. The number of ether oxygens (including phenoxy) is 1. The van der Waals surface area contributed by atoms with Crippen LogP contribution in [0.5, 0.6) is 0 Å². The van der Waals surface area contributed by atoms with Crippen molar-refractivity contribution in [2.24, 2.45) is 0 Å². The van der Waals surface area contributed by atoms with Gasteiger partial charge in [0.05, 0.1) is 17.1 Å². The lowest BCUT2D eigenvalue weighted by atomic mass is 10.0. The first kappa shape index (κ1) is 15.6. The fraction of sp³-hybridized carbons (Fsp3) is 0.615. The summed E-state index contributed by atoms with van der Waals surface area (Å²) in [5, 5.41) is 5.52. The molecule has 0 aliphatic rings. The van der Waals surface area contributed by atoms with Gasteiger partial charge in [0.15, 0.2) is 6.61 Å². The van der Waals surface area contributed by atoms with Gasteiger partial charge in [-0.15, -0.1) is 11.3 Å². The molecule has 19 heavy (non-hydrogen) atoms. The van der Waals surface area contributed by atoms with E-state index in [-0.39, 0.29) is 24.5 Å². The van der Waals surface area contributed by atoms with E-state index in [0.717, 1.165) is 11.4 Å². The summed E-state index contributed by atoms with van der Waals surface area (Å²) in [4.78, 5) is 27.3. The van der Waals surface area contributed by atoms with E-state index in [9.17, 15) is 9.59 Å². The standard InChI is InChI=1S/C13H20N2O3S/c1-5-13(3,4)15-11(16)7-18-12(17)6-10-8-19-9(2)14-10/h8H,5-7H2,1-4H3,(H,15,16). The van der Waals surface area contributed by atoms with Crippen LogP contribution in [-0.2, 0) is 20.7 Å². The molecule has 0 radical (unpaired) electrons. The molecule has 1 N–H and O–H groups in total. The number of nitrogens with one attached hydrogen (secondary N) is 1. The van der Waals surface area contributed by atoms with Gasteiger partial charge in [0, 0.05) is 10.9 Å². The number of hydrogen-bond donors (Lipinski definition) is 1. The van der Waals surface area contributed by atoms with Crippen LogP contribution in [0.1, 0.15) is 37.9 Å². The van der Waals surface area contributed by atoms with Gasteiger partial charge in [0.1, 0.15) is 0 Å². The molecule has 1 aromatic rings. The largest absolute Gasteiger partial charge is 0.455 e. The minimum atomic E-state index is -0.435. The predicted molar refractivity (Wildman–Crippen MR) is 74.0 cm³/mol. The van der Waals surface area contributed by atoms with E-state index in [2.05, 4.69) is 10.3 Å². The summed E-state index contributed by atoms with van der Waals surface area (Å²) in [5.74, 6) is -0.718. The molecule has 0 bridgehead atoms. The Labute approximate surface area is 117 Å². The summed E-state index contributed by atoms with van der Waals surface area (Å²) in [5.41, 5.74) is 0.400. The Hall–Kier alpha value is -1.43. The van der Waals surface area contributed by atoms with Gasteiger partial charge in [-0.1, -0.05) is 6.92 Å². The molecule has 1 aromatic heterocycles. The van der Waals surface area contributed by atoms with Gasteiger partial charge < -0.3 is 10.1 Å². The maximum atomic E-state index is 11.6. The number of amides is 1. The summed E-state index contributed by atoms with van der Waals surface area (Å²) >= 11 is 1.48. The average Bonchev–Trinajstić information content (AvgIpc) is 2.72. The molecule has 0 saturated carbocycles. The molecule has 0 aromatic carbocycles. The van der Waals surface area contributed by atoms with E-state index in [1.807, 2.05) is 33.1 Å². The van der Waals surface area contributed by atoms with Gasteiger partial charge in [0.25, 0.3) is 5.91 Å². The van der Waals surface area contributed by atoms with Crippen LogP contribution < -0.4 is 5.32 Å². The van der Waals surface area contributed by atoms with Gasteiger partial charge in [-0.2, -0.15) is 0 Å². The Kier molecular flexibility index (Phi) is 5.47. The molecule has 6 heteroatoms. The van der Waals surface area contributed by atoms with E-state index in [1.54, 1.807) is 0 Å². The van der Waals surface area contributed by atoms with E-state index in [0.29, 0.717) is 5.69 Å². The smallest absolute Gasteiger partial charge is 0.312 e. The zero-order valence-corrected chi connectivity index (χ0v) is 12.6. The van der Waals surface area contributed by atoms with E-state index in [4.69, 9.17) is 4.74 Å². The van der Waals surface area contributed by atoms with Gasteiger partial charge >= 0.3 is 5.97 Å². The molecule has 0 fully saturated rings. The van der Waals surface area contributed by atoms with Gasteiger partial charge in [0.2, 0.25) is 0 Å². The van der Waals surface area contributed by atoms with Crippen molar-refractivity contribution in [3.05, 3.63) is 16.1 Å². The van der Waals surface area contributed by atoms with Crippen LogP contribution in [0.2, 0.25) is 0 Å². The summed E-state index contributed by atoms with van der Waals surface area (Å²) in [6.07, 6.45) is 0.916. The van der Waals surface area contributed by atoms with Crippen molar-refractivity contribution in [1.82, 2.24) is 10.3 Å². The summed E-state index contributed by atoms with van der Waals surface area (Å²) in [7, 11) is 0. The van der Waals surface area contributed by atoms with Gasteiger partial charge in [-0.05, 0) is 27.2 Å². The third-order valence-electron chi connectivity index (χ3n) is 2.72. The van der Waals surface area contributed by atoms with Crippen LogP contribution >= 0.6 is 11.3 Å². The highest BCUT2D eigenvalue weighted by molar-refractivity contribution is 7.09. The molecule has 1 amide bonds. The number of aromatic nitrogens is 1. The quantitative estimate of drug-likeness (QED) is 0.809. The Balaban J connectivity index is 2.32. The van der Waals surface area contributed by atoms with Crippen molar-refractivity contribution >= 4 is 23.2 Å². The lowest BCUT2D eigenvalue weighted by Gasteiger charge is -2.24. The Morgan fingerprint density at radius 2 is 2.16 bits per heavy atom. The minimum Gasteiger partial charge on any atom is -0.455 e. The predicted octanol–water partition coefficient (Wildman–Crippen LogP) is 1.84. The first-order chi connectivity index (χ1) is 8.82. The van der Waals surface area contributed by atoms with Crippen LogP contribution in [0, 0.1) is 6.92 Å². The number of hydrogen-bond acceptors (Lipinski definition) is 5. The second-order valence-electron chi connectivity index (χ2n) is 4.98. The van der Waals surface area contributed by atoms with Crippen molar-refractivity contribution in [2.45, 2.75) is 46.1 Å². The molecule has 0 atom stereocenters. The number of esters is 1. The maximum absolute atomic E-state index is 11.6. The highest BCUT2D eigenvalue weighted by atomic mass is 32.1. The molecule has 0 spiro atoms. The van der Waals surface area contributed by atoms with Crippen LogP contribution in [0.4, 0.5) is 0 Å². The highest BCUT2D eigenvalue weighted by Gasteiger charge is 2.18. The number of aryl methyl sites for hydroxylation is 1. The van der Waals surface area contributed by atoms with Crippen molar-refractivity contribution in [3.8, 4) is 0 Å². The molecular formula is C13H20N2O3S. The number of carbonyl (C=O) groups is 2. The monoisotopic (exact) mass is 284 g/mol. The van der Waals surface area contributed by atoms with Gasteiger partial charge in [-0.3, -0.25) is 9.59 Å². The number of carbonyl (C=O) groups excluding carboxylic acids is 2. The van der Waals surface area contributed by atoms with Gasteiger partial charge in [-0.25, -0.2) is 4.98 Å². The SMILES string of the molecule is CCC(C)(C)NC(=O)COC(=O)Cc1csc(C)n1. The number of rotatable bonds is 6. The third-order valence-corrected chi connectivity index (χ3v) is 3.54. The fourth-order valence-corrected chi connectivity index (χ4v) is 1.95. The van der Waals surface area contributed by atoms with Crippen LogP contribution in [0.25, 0.3) is 0 Å². The lowest BCUT2D eigenvalue weighted by Crippen LogP contribution is -2.44. The van der Waals surface area contributed by atoms with Crippen molar-refractivity contribution < 1.29 is 14.3 Å². The molecule has 1 heterocycles. The molecule has 106 valence electrons. The third kappa shape index (κ3) is 5.83. The van der Waals surface area contributed by atoms with Crippen molar-refractivity contribution in [2.75, 3.05) is 6.61 Å². The van der Waals surface area contributed by atoms with Crippen LogP contribution in [0.15, 0.2) is 5.38 Å². The zero-order valence-electron chi connectivity index (χ0n) is 11.8. The summed E-state index contributed by atoms with van der Waals surface area (Å²) in [6.45, 7) is 7.46. The Morgan fingerprint density at radius 1 is 1.47 bits per heavy atom. The first-order valence-electron chi connectivity index (χ1n) is 6.20. The van der Waals surface area contributed by atoms with Crippen molar-refractivity contribution in [3.63, 3.8) is 0 Å². The summed E-state index contributed by atoms with van der Waals surface area (Å²) in [6, 6.07) is 0. The topological polar surface area (TPSA) is 68.3 Å². The summed E-state index contributed by atoms with van der Waals surface area (Å²) < 4.78 is 4.92. The van der Waals surface area contributed by atoms with Crippen molar-refractivity contribution in [1.29, 1.82) is 0 Å². The molecular weight excluding hydrogens is 264 g/mol. The zero-order chi connectivity index (χ0) is 14.5. The minimum absolute atomic E-state index is 0.106. The Bertz CT molecular complexity index is 454. The Morgan fingerprint density at radius 3 is 2.68 bits per heavy atom. The second kappa shape index (κ2) is 6.65. The van der Waals surface area contributed by atoms with Crippen LogP contribution in [-0.4, -0.2) is 29.0 Å². The normalized spacial score (nSPS) is 11.2. The van der Waals surface area contributed by atoms with E-state index < -0.39 is 5.97 Å². The lowest BCUT2D eigenvalue weighted by molar-refractivity contribution is -0.148. The molecule has 0 aliphatic heterocycles. The fourth-order valence-electron chi connectivity index (χ4n) is 1.34. The molecule has 0 saturated heterocycles. The van der Waals surface area contributed by atoms with E-state index >= 15 is 0 Å². The second-order valence-corrected chi connectivity index (χ2v) is 6.04. The molecule has 0 unspecified atom stereocenters. The average molecular weight is 284 g/mol. The molecule has 5 nitrogen and oxygen atoms in total.